The Morgan fingerprint density at radius 2 is 2.00 bits per heavy atom. The number of nitrogens with one attached hydrogen (secondary N) is 2. The normalized spacial score (nSPS) is 24.2. The Morgan fingerprint density at radius 3 is 2.79 bits per heavy atom. The molecule has 6 nitrogen and oxygen atoms in total. The van der Waals surface area contributed by atoms with Crippen LogP contribution in [0.15, 0.2) is 24.3 Å². The van der Waals surface area contributed by atoms with Crippen molar-refractivity contribution >= 4 is 38.8 Å². The standard InChI is InChI=1S/C25H28FN5OS/c1-13-2-7-19-22(27)23(33-25(19)28-13)24(32)30-15-6-8-18-14(10-15)3-9-20(21(18)26)31-11-16-4-5-17(12-31)29-16/h2-3,7,9,15-17,29H,4-6,8,10-12,27H2,1H3,(H,30,32)/t15-,16?,17?/m0/s1. The molecule has 172 valence electrons. The van der Waals surface area contributed by atoms with Crippen LogP contribution in [0, 0.1) is 12.7 Å². The Hall–Kier alpha value is -2.71. The molecule has 2 aromatic heterocycles. The summed E-state index contributed by atoms with van der Waals surface area (Å²) in [6, 6.07) is 8.71. The number of piperazine rings is 1. The molecule has 3 aliphatic rings. The molecule has 1 amide bonds. The summed E-state index contributed by atoms with van der Waals surface area (Å²) in [5, 5.41) is 7.56. The van der Waals surface area contributed by atoms with Crippen LogP contribution in [-0.4, -0.2) is 42.1 Å². The number of carbonyl (C=O) groups excluding carboxylic acids is 1. The van der Waals surface area contributed by atoms with Gasteiger partial charge in [-0.15, -0.1) is 11.3 Å². The van der Waals surface area contributed by atoms with Crippen LogP contribution in [0.25, 0.3) is 10.2 Å². The SMILES string of the molecule is Cc1ccc2c(N)c(C(=O)N[C@H]3CCc4c(ccc(N5CC6CCC(C5)N6)c4F)C3)sc2n1. The molecule has 1 aromatic carbocycles. The maximum atomic E-state index is 15.5. The van der Waals surface area contributed by atoms with E-state index in [0.29, 0.717) is 41.9 Å². The molecule has 2 bridgehead atoms. The van der Waals surface area contributed by atoms with Crippen molar-refractivity contribution in [3.8, 4) is 0 Å². The third-order valence-electron chi connectivity index (χ3n) is 7.36. The summed E-state index contributed by atoms with van der Waals surface area (Å²) in [4.78, 5) is 21.0. The summed E-state index contributed by atoms with van der Waals surface area (Å²) in [5.74, 6) is -0.247. The summed E-state index contributed by atoms with van der Waals surface area (Å²) >= 11 is 1.33. The third kappa shape index (κ3) is 3.65. The molecule has 2 unspecified atom stereocenters. The molecule has 2 saturated heterocycles. The fourth-order valence-corrected chi connectivity index (χ4v) is 6.71. The number of aromatic nitrogens is 1. The Balaban J connectivity index is 1.18. The number of amides is 1. The molecule has 4 heterocycles. The lowest BCUT2D eigenvalue weighted by atomic mass is 9.87. The number of nitrogens with two attached hydrogens (primary N) is 1. The minimum absolute atomic E-state index is 0.0374. The predicted octanol–water partition coefficient (Wildman–Crippen LogP) is 3.55. The van der Waals surface area contributed by atoms with E-state index in [0.717, 1.165) is 45.8 Å². The molecule has 3 aromatic rings. The van der Waals surface area contributed by atoms with Crippen molar-refractivity contribution in [1.29, 1.82) is 0 Å². The quantitative estimate of drug-likeness (QED) is 0.551. The third-order valence-corrected chi connectivity index (χ3v) is 8.47. The van der Waals surface area contributed by atoms with Crippen LogP contribution in [0.2, 0.25) is 0 Å². The van der Waals surface area contributed by atoms with E-state index in [1.54, 1.807) is 0 Å². The van der Waals surface area contributed by atoms with Crippen molar-refractivity contribution in [1.82, 2.24) is 15.6 Å². The van der Waals surface area contributed by atoms with Crippen LogP contribution in [0.4, 0.5) is 15.8 Å². The fraction of sp³-hybridized carbons (Fsp3) is 0.440. The Kier molecular flexibility index (Phi) is 5.03. The van der Waals surface area contributed by atoms with Gasteiger partial charge in [0.15, 0.2) is 0 Å². The van der Waals surface area contributed by atoms with Gasteiger partial charge in [0.05, 0.1) is 11.4 Å². The Bertz CT molecular complexity index is 1250. The lowest BCUT2D eigenvalue weighted by molar-refractivity contribution is 0.0938. The van der Waals surface area contributed by atoms with Crippen LogP contribution in [0.1, 0.15) is 45.8 Å². The highest BCUT2D eigenvalue weighted by molar-refractivity contribution is 7.21. The average molecular weight is 466 g/mol. The number of nitrogen functional groups attached to an aromatic ring is 1. The predicted molar refractivity (Wildman–Crippen MR) is 131 cm³/mol. The van der Waals surface area contributed by atoms with Crippen molar-refractivity contribution in [2.75, 3.05) is 23.7 Å². The summed E-state index contributed by atoms with van der Waals surface area (Å²) in [7, 11) is 0. The topological polar surface area (TPSA) is 83.3 Å². The van der Waals surface area contributed by atoms with Gasteiger partial charge < -0.3 is 21.3 Å². The molecule has 0 spiro atoms. The van der Waals surface area contributed by atoms with E-state index in [1.807, 2.05) is 25.1 Å². The lowest BCUT2D eigenvalue weighted by Gasteiger charge is -2.36. The maximum absolute atomic E-state index is 15.5. The van der Waals surface area contributed by atoms with Gasteiger partial charge in [0.1, 0.15) is 15.5 Å². The van der Waals surface area contributed by atoms with Gasteiger partial charge in [0.25, 0.3) is 5.91 Å². The van der Waals surface area contributed by atoms with E-state index in [4.69, 9.17) is 5.73 Å². The number of anilines is 2. The second kappa shape index (κ2) is 7.95. The number of hydrogen-bond acceptors (Lipinski definition) is 6. The summed E-state index contributed by atoms with van der Waals surface area (Å²) < 4.78 is 15.5. The van der Waals surface area contributed by atoms with E-state index in [9.17, 15) is 4.79 Å². The highest BCUT2D eigenvalue weighted by atomic mass is 32.1. The molecule has 2 fully saturated rings. The van der Waals surface area contributed by atoms with E-state index in [1.165, 1.54) is 24.2 Å². The zero-order valence-electron chi connectivity index (χ0n) is 18.7. The van der Waals surface area contributed by atoms with Crippen molar-refractivity contribution in [3.05, 3.63) is 51.8 Å². The van der Waals surface area contributed by atoms with Crippen LogP contribution >= 0.6 is 11.3 Å². The average Bonchev–Trinajstić information content (AvgIpc) is 3.31. The first-order valence-electron chi connectivity index (χ1n) is 11.7. The summed E-state index contributed by atoms with van der Waals surface area (Å²) in [6.45, 7) is 3.66. The first kappa shape index (κ1) is 20.9. The molecule has 0 radical (unpaired) electrons. The maximum Gasteiger partial charge on any atom is 0.263 e. The van der Waals surface area contributed by atoms with Gasteiger partial charge in [-0.05, 0) is 68.4 Å². The van der Waals surface area contributed by atoms with Gasteiger partial charge in [0, 0.05) is 42.3 Å². The molecule has 3 atom stereocenters. The molecule has 8 heteroatoms. The second-order valence-electron chi connectivity index (χ2n) is 9.64. The number of carbonyl (C=O) groups is 1. The van der Waals surface area contributed by atoms with Gasteiger partial charge in [-0.1, -0.05) is 6.07 Å². The molecule has 1 aliphatic carbocycles. The van der Waals surface area contributed by atoms with Gasteiger partial charge in [-0.3, -0.25) is 4.79 Å². The minimum Gasteiger partial charge on any atom is -0.397 e. The lowest BCUT2D eigenvalue weighted by Crippen LogP contribution is -2.51. The minimum atomic E-state index is -0.171. The van der Waals surface area contributed by atoms with E-state index < -0.39 is 0 Å². The fourth-order valence-electron chi connectivity index (χ4n) is 5.67. The number of hydrogen-bond donors (Lipinski definition) is 3. The monoisotopic (exact) mass is 465 g/mol. The van der Waals surface area contributed by atoms with Crippen molar-refractivity contribution in [2.45, 2.75) is 57.2 Å². The number of benzene rings is 1. The number of halogens is 1. The van der Waals surface area contributed by atoms with E-state index in [-0.39, 0.29) is 17.8 Å². The summed E-state index contributed by atoms with van der Waals surface area (Å²) in [5.41, 5.74) is 10.2. The van der Waals surface area contributed by atoms with Crippen LogP contribution in [-0.2, 0) is 12.8 Å². The summed E-state index contributed by atoms with van der Waals surface area (Å²) in [6.07, 6.45) is 4.33. The van der Waals surface area contributed by atoms with Crippen LogP contribution in [0.3, 0.4) is 0 Å². The number of fused-ring (bicyclic) bond motifs is 4. The van der Waals surface area contributed by atoms with E-state index in [2.05, 4.69) is 26.6 Å². The second-order valence-corrected chi connectivity index (χ2v) is 10.6. The van der Waals surface area contributed by atoms with Gasteiger partial charge in [-0.2, -0.15) is 0 Å². The van der Waals surface area contributed by atoms with Gasteiger partial charge >= 0.3 is 0 Å². The number of nitrogens with zero attached hydrogens (tertiary/aromatic N) is 2. The number of aryl methyl sites for hydroxylation is 1. The zero-order chi connectivity index (χ0) is 22.7. The van der Waals surface area contributed by atoms with Crippen LogP contribution in [0.5, 0.6) is 0 Å². The molecular weight excluding hydrogens is 437 g/mol. The smallest absolute Gasteiger partial charge is 0.263 e. The van der Waals surface area contributed by atoms with Crippen molar-refractivity contribution in [3.63, 3.8) is 0 Å². The molecule has 2 aliphatic heterocycles. The van der Waals surface area contributed by atoms with Gasteiger partial charge in [-0.25, -0.2) is 9.37 Å². The number of rotatable bonds is 3. The molecule has 6 rings (SSSR count). The highest BCUT2D eigenvalue weighted by Gasteiger charge is 2.34. The molecule has 0 saturated carbocycles. The first-order valence-corrected chi connectivity index (χ1v) is 12.6. The molecular formula is C25H28FN5OS. The number of thiophene rings is 1. The zero-order valence-corrected chi connectivity index (χ0v) is 19.5. The van der Waals surface area contributed by atoms with Crippen molar-refractivity contribution < 1.29 is 9.18 Å². The molecule has 4 N–H and O–H groups in total. The Morgan fingerprint density at radius 1 is 1.21 bits per heavy atom. The first-order chi connectivity index (χ1) is 16.0. The van der Waals surface area contributed by atoms with Gasteiger partial charge in [0.2, 0.25) is 0 Å². The molecule has 33 heavy (non-hydrogen) atoms. The number of pyridine rings is 1. The highest BCUT2D eigenvalue weighted by Crippen LogP contribution is 2.35. The van der Waals surface area contributed by atoms with Crippen molar-refractivity contribution in [2.24, 2.45) is 0 Å². The van der Waals surface area contributed by atoms with E-state index >= 15 is 4.39 Å². The largest absolute Gasteiger partial charge is 0.397 e. The Labute approximate surface area is 196 Å². The van der Waals surface area contributed by atoms with Crippen LogP contribution < -0.4 is 21.3 Å².